The number of urea groups is 1. The van der Waals surface area contributed by atoms with Crippen molar-refractivity contribution in [1.82, 2.24) is 15.1 Å². The zero-order chi connectivity index (χ0) is 17.3. The summed E-state index contributed by atoms with van der Waals surface area (Å²) in [5.74, 6) is 0.946. The van der Waals surface area contributed by atoms with Gasteiger partial charge in [-0.1, -0.05) is 17.7 Å². The van der Waals surface area contributed by atoms with Crippen LogP contribution in [-0.4, -0.2) is 55.7 Å². The molecule has 3 rings (SSSR count). The maximum Gasteiger partial charge on any atom is 0.317 e. The number of piperidine rings is 1. The number of hydrogen-bond donors (Lipinski definition) is 1. The Morgan fingerprint density at radius 2 is 2.08 bits per heavy atom. The van der Waals surface area contributed by atoms with E-state index in [-0.39, 0.29) is 12.1 Å². The van der Waals surface area contributed by atoms with E-state index in [9.17, 15) is 4.79 Å². The van der Waals surface area contributed by atoms with Crippen molar-refractivity contribution in [3.8, 4) is 5.75 Å². The first-order valence-corrected chi connectivity index (χ1v) is 8.91. The minimum absolute atomic E-state index is 0.0413. The Hall–Kier alpha value is -1.75. The van der Waals surface area contributed by atoms with E-state index in [0.29, 0.717) is 12.6 Å². The number of carbonyl (C=O) groups excluding carboxylic acids is 1. The highest BCUT2D eigenvalue weighted by Crippen LogP contribution is 2.35. The lowest BCUT2D eigenvalue weighted by Gasteiger charge is -2.37. The number of amides is 2. The minimum atomic E-state index is 0.0413. The van der Waals surface area contributed by atoms with Crippen molar-refractivity contribution in [2.24, 2.45) is 0 Å². The molecule has 1 N–H and O–H groups in total. The molecule has 0 saturated carbocycles. The van der Waals surface area contributed by atoms with Crippen LogP contribution in [0.2, 0.25) is 0 Å². The summed E-state index contributed by atoms with van der Waals surface area (Å²) in [7, 11) is 4.18. The van der Waals surface area contributed by atoms with Crippen molar-refractivity contribution in [3.05, 3.63) is 28.8 Å². The first-order valence-electron chi connectivity index (χ1n) is 8.91. The number of fused-ring (bicyclic) bond motifs is 1. The molecule has 5 heteroatoms. The van der Waals surface area contributed by atoms with Crippen LogP contribution in [-0.2, 0) is 0 Å². The van der Waals surface area contributed by atoms with Gasteiger partial charge >= 0.3 is 6.03 Å². The molecule has 2 amide bonds. The predicted octanol–water partition coefficient (Wildman–Crippen LogP) is 2.86. The van der Waals surface area contributed by atoms with Gasteiger partial charge in [-0.25, -0.2) is 4.79 Å². The molecule has 132 valence electrons. The number of rotatable bonds is 2. The Morgan fingerprint density at radius 3 is 2.83 bits per heavy atom. The second-order valence-electron chi connectivity index (χ2n) is 7.35. The van der Waals surface area contributed by atoms with Gasteiger partial charge in [-0.05, 0) is 46.3 Å². The van der Waals surface area contributed by atoms with E-state index in [4.69, 9.17) is 4.74 Å². The zero-order valence-electron chi connectivity index (χ0n) is 15.3. The van der Waals surface area contributed by atoms with Gasteiger partial charge < -0.3 is 19.9 Å². The van der Waals surface area contributed by atoms with Crippen molar-refractivity contribution in [2.45, 2.75) is 45.2 Å². The number of carbonyl (C=O) groups is 1. The van der Waals surface area contributed by atoms with E-state index < -0.39 is 0 Å². The molecular formula is C19H29N3O2. The SMILES string of the molecule is Cc1cc(C)c2c(c1)[C@H](NC(=O)N1CCC[C@@H](N(C)C)C1)CCO2. The number of likely N-dealkylation sites (N-methyl/N-ethyl adjacent to an activating group) is 1. The van der Waals surface area contributed by atoms with Gasteiger partial charge in [-0.2, -0.15) is 0 Å². The number of benzene rings is 1. The molecule has 0 aromatic heterocycles. The molecule has 2 atom stereocenters. The van der Waals surface area contributed by atoms with Gasteiger partial charge in [0.05, 0.1) is 12.6 Å². The summed E-state index contributed by atoms with van der Waals surface area (Å²) in [6, 6.07) is 4.83. The van der Waals surface area contributed by atoms with E-state index in [1.807, 2.05) is 4.90 Å². The highest BCUT2D eigenvalue weighted by molar-refractivity contribution is 5.75. The molecular weight excluding hydrogens is 302 g/mol. The fourth-order valence-corrected chi connectivity index (χ4v) is 3.83. The van der Waals surface area contributed by atoms with Crippen LogP contribution < -0.4 is 10.1 Å². The lowest BCUT2D eigenvalue weighted by molar-refractivity contribution is 0.135. The third kappa shape index (κ3) is 3.51. The summed E-state index contributed by atoms with van der Waals surface area (Å²) in [6.45, 7) is 6.47. The summed E-state index contributed by atoms with van der Waals surface area (Å²) in [6.07, 6.45) is 3.06. The average Bonchev–Trinajstić information content (AvgIpc) is 2.55. The summed E-state index contributed by atoms with van der Waals surface area (Å²) < 4.78 is 5.84. The van der Waals surface area contributed by atoms with Crippen LogP contribution >= 0.6 is 0 Å². The number of ether oxygens (including phenoxy) is 1. The monoisotopic (exact) mass is 331 g/mol. The van der Waals surface area contributed by atoms with Gasteiger partial charge in [-0.15, -0.1) is 0 Å². The highest BCUT2D eigenvalue weighted by Gasteiger charge is 2.29. The van der Waals surface area contributed by atoms with Crippen molar-refractivity contribution in [2.75, 3.05) is 33.8 Å². The van der Waals surface area contributed by atoms with E-state index in [2.05, 4.69) is 50.3 Å². The first kappa shape index (κ1) is 17.1. The summed E-state index contributed by atoms with van der Waals surface area (Å²) >= 11 is 0. The van der Waals surface area contributed by atoms with Gasteiger partial charge in [0.2, 0.25) is 0 Å². The smallest absolute Gasteiger partial charge is 0.317 e. The third-order valence-electron chi connectivity index (χ3n) is 5.19. The third-order valence-corrected chi connectivity index (χ3v) is 5.19. The van der Waals surface area contributed by atoms with Crippen molar-refractivity contribution >= 4 is 6.03 Å². The van der Waals surface area contributed by atoms with E-state index in [1.165, 1.54) is 5.56 Å². The molecule has 0 aliphatic carbocycles. The number of nitrogens with one attached hydrogen (secondary N) is 1. The summed E-state index contributed by atoms with van der Waals surface area (Å²) in [5, 5.41) is 3.25. The molecule has 0 radical (unpaired) electrons. The van der Waals surface area contributed by atoms with E-state index in [1.54, 1.807) is 0 Å². The Morgan fingerprint density at radius 1 is 1.29 bits per heavy atom. The molecule has 0 unspecified atom stereocenters. The topological polar surface area (TPSA) is 44.8 Å². The Labute approximate surface area is 145 Å². The van der Waals surface area contributed by atoms with Crippen LogP contribution in [0.3, 0.4) is 0 Å². The number of nitrogens with zero attached hydrogens (tertiary/aromatic N) is 2. The van der Waals surface area contributed by atoms with Crippen LogP contribution in [0.15, 0.2) is 12.1 Å². The molecule has 2 aliphatic heterocycles. The fraction of sp³-hybridized carbons (Fsp3) is 0.632. The fourth-order valence-electron chi connectivity index (χ4n) is 3.83. The second kappa shape index (κ2) is 7.01. The maximum absolute atomic E-state index is 12.8. The highest BCUT2D eigenvalue weighted by atomic mass is 16.5. The molecule has 2 aliphatic rings. The molecule has 1 fully saturated rings. The van der Waals surface area contributed by atoms with Gasteiger partial charge in [0.15, 0.2) is 0 Å². The average molecular weight is 331 g/mol. The van der Waals surface area contributed by atoms with Crippen LogP contribution in [0.25, 0.3) is 0 Å². The Balaban J connectivity index is 1.72. The number of likely N-dealkylation sites (tertiary alicyclic amines) is 1. The van der Waals surface area contributed by atoms with Crippen molar-refractivity contribution in [3.63, 3.8) is 0 Å². The van der Waals surface area contributed by atoms with Crippen molar-refractivity contribution in [1.29, 1.82) is 0 Å². The van der Waals surface area contributed by atoms with Gasteiger partial charge in [0, 0.05) is 31.1 Å². The van der Waals surface area contributed by atoms with Crippen LogP contribution in [0.5, 0.6) is 5.75 Å². The van der Waals surface area contributed by atoms with E-state index in [0.717, 1.165) is 49.2 Å². The van der Waals surface area contributed by atoms with Gasteiger partial charge in [0.1, 0.15) is 5.75 Å². The standard InChI is InChI=1S/C19H29N3O2/c1-13-10-14(2)18-16(11-13)17(7-9-24-18)20-19(23)22-8-5-6-15(12-22)21(3)4/h10-11,15,17H,5-9,12H2,1-4H3,(H,20,23)/t15-,17-/m1/s1. The van der Waals surface area contributed by atoms with Crippen molar-refractivity contribution < 1.29 is 9.53 Å². The molecule has 5 nitrogen and oxygen atoms in total. The lowest BCUT2D eigenvalue weighted by atomic mass is 9.96. The predicted molar refractivity (Wildman–Crippen MR) is 95.6 cm³/mol. The lowest BCUT2D eigenvalue weighted by Crippen LogP contribution is -2.51. The maximum atomic E-state index is 12.8. The van der Waals surface area contributed by atoms with Crippen LogP contribution in [0, 0.1) is 13.8 Å². The first-order chi connectivity index (χ1) is 11.5. The molecule has 1 aromatic rings. The molecule has 0 spiro atoms. The van der Waals surface area contributed by atoms with Crippen LogP contribution in [0.4, 0.5) is 4.79 Å². The van der Waals surface area contributed by atoms with E-state index >= 15 is 0 Å². The Kier molecular flexibility index (Phi) is 4.99. The normalized spacial score (nSPS) is 23.6. The molecule has 2 heterocycles. The molecule has 1 aromatic carbocycles. The van der Waals surface area contributed by atoms with Gasteiger partial charge in [-0.3, -0.25) is 0 Å². The second-order valence-corrected chi connectivity index (χ2v) is 7.35. The Bertz CT molecular complexity index is 615. The quantitative estimate of drug-likeness (QED) is 0.906. The largest absolute Gasteiger partial charge is 0.493 e. The molecule has 1 saturated heterocycles. The minimum Gasteiger partial charge on any atom is -0.493 e. The number of aryl methyl sites for hydroxylation is 2. The molecule has 24 heavy (non-hydrogen) atoms. The number of hydrogen-bond acceptors (Lipinski definition) is 3. The summed E-state index contributed by atoms with van der Waals surface area (Å²) in [5.41, 5.74) is 3.48. The van der Waals surface area contributed by atoms with Gasteiger partial charge in [0.25, 0.3) is 0 Å². The zero-order valence-corrected chi connectivity index (χ0v) is 15.3. The molecule has 0 bridgehead atoms. The van der Waals surface area contributed by atoms with Crippen LogP contribution in [0.1, 0.15) is 42.0 Å². The summed E-state index contributed by atoms with van der Waals surface area (Å²) in [4.78, 5) is 17.0.